The van der Waals surface area contributed by atoms with Crippen molar-refractivity contribution in [1.82, 2.24) is 15.1 Å². The molecule has 2 heterocycles. The number of nitrogens with two attached hydrogens (primary N) is 1. The van der Waals surface area contributed by atoms with E-state index in [1.54, 1.807) is 0 Å². The zero-order valence-electron chi connectivity index (χ0n) is 10.3. The number of aromatic nitrogens is 3. The van der Waals surface area contributed by atoms with E-state index in [9.17, 15) is 13.2 Å². The Hall–Kier alpha value is -2.90. The molecule has 0 saturated carbocycles. The summed E-state index contributed by atoms with van der Waals surface area (Å²) in [5, 5.41) is 3.61. The Morgan fingerprint density at radius 1 is 1.05 bits per heavy atom. The van der Waals surface area contributed by atoms with Crippen molar-refractivity contribution in [3.05, 3.63) is 47.9 Å². The minimum absolute atomic E-state index is 0.0484. The normalized spacial score (nSPS) is 10.8. The Bertz CT molecular complexity index is 802. The second kappa shape index (κ2) is 4.89. The molecule has 21 heavy (non-hydrogen) atoms. The number of nitrogen functional groups attached to an aromatic ring is 1. The van der Waals surface area contributed by atoms with Gasteiger partial charge >= 0.3 is 0 Å². The van der Waals surface area contributed by atoms with Gasteiger partial charge in [-0.25, -0.2) is 18.2 Å². The van der Waals surface area contributed by atoms with Gasteiger partial charge < -0.3 is 10.3 Å². The van der Waals surface area contributed by atoms with Crippen molar-refractivity contribution in [3.63, 3.8) is 0 Å². The highest BCUT2D eigenvalue weighted by Crippen LogP contribution is 2.27. The lowest BCUT2D eigenvalue weighted by molar-refractivity contribution is 0.429. The van der Waals surface area contributed by atoms with Crippen LogP contribution in [0.2, 0.25) is 0 Å². The zero-order chi connectivity index (χ0) is 15.0. The lowest BCUT2D eigenvalue weighted by Crippen LogP contribution is -1.94. The van der Waals surface area contributed by atoms with Gasteiger partial charge in [0.15, 0.2) is 0 Å². The summed E-state index contributed by atoms with van der Waals surface area (Å²) in [6, 6.07) is 4.21. The van der Waals surface area contributed by atoms with Crippen LogP contribution < -0.4 is 5.73 Å². The topological polar surface area (TPSA) is 77.8 Å². The maximum Gasteiger partial charge on any atom is 0.261 e. The molecular weight excluding hydrogens is 285 g/mol. The molecule has 0 spiro atoms. The first-order valence-corrected chi connectivity index (χ1v) is 5.75. The van der Waals surface area contributed by atoms with Crippen molar-refractivity contribution < 1.29 is 17.7 Å². The summed E-state index contributed by atoms with van der Waals surface area (Å²) in [5.74, 6) is -2.41. The third-order valence-corrected chi connectivity index (χ3v) is 2.70. The highest BCUT2D eigenvalue weighted by Gasteiger charge is 2.17. The molecule has 3 rings (SSSR count). The predicted molar refractivity (Wildman–Crippen MR) is 67.3 cm³/mol. The Morgan fingerprint density at radius 2 is 1.86 bits per heavy atom. The number of pyridine rings is 1. The average molecular weight is 292 g/mol. The van der Waals surface area contributed by atoms with Crippen LogP contribution in [0.1, 0.15) is 0 Å². The van der Waals surface area contributed by atoms with E-state index in [-0.39, 0.29) is 28.7 Å². The molecule has 5 nitrogen and oxygen atoms in total. The number of hydrogen-bond acceptors (Lipinski definition) is 5. The van der Waals surface area contributed by atoms with E-state index in [2.05, 4.69) is 15.1 Å². The van der Waals surface area contributed by atoms with E-state index >= 15 is 0 Å². The first-order valence-electron chi connectivity index (χ1n) is 5.75. The largest absolute Gasteiger partial charge is 0.396 e. The van der Waals surface area contributed by atoms with Crippen molar-refractivity contribution in [2.45, 2.75) is 0 Å². The van der Waals surface area contributed by atoms with Gasteiger partial charge in [-0.2, -0.15) is 4.98 Å². The number of hydrogen-bond donors (Lipinski definition) is 1. The number of nitrogens with zero attached hydrogens (tertiary/aromatic N) is 3. The number of halogens is 3. The van der Waals surface area contributed by atoms with Crippen LogP contribution in [0.15, 0.2) is 35.0 Å². The molecule has 8 heteroatoms. The Kier molecular flexibility index (Phi) is 3.05. The number of rotatable bonds is 2. The van der Waals surface area contributed by atoms with Crippen LogP contribution in [0.5, 0.6) is 0 Å². The van der Waals surface area contributed by atoms with Crippen LogP contribution in [0.25, 0.3) is 23.0 Å². The summed E-state index contributed by atoms with van der Waals surface area (Å²) in [6.07, 6.45) is 0.988. The molecule has 0 amide bonds. The zero-order valence-corrected chi connectivity index (χ0v) is 10.3. The second-order valence-electron chi connectivity index (χ2n) is 4.14. The smallest absolute Gasteiger partial charge is 0.261 e. The molecule has 3 aromatic rings. The maximum absolute atomic E-state index is 13.7. The first kappa shape index (κ1) is 13.1. The lowest BCUT2D eigenvalue weighted by atomic mass is 10.2. The highest BCUT2D eigenvalue weighted by atomic mass is 19.1. The fraction of sp³-hybridized carbons (Fsp3) is 0. The van der Waals surface area contributed by atoms with E-state index in [1.165, 1.54) is 12.1 Å². The third kappa shape index (κ3) is 2.42. The molecule has 0 radical (unpaired) electrons. The average Bonchev–Trinajstić information content (AvgIpc) is 2.93. The van der Waals surface area contributed by atoms with Gasteiger partial charge in [0.25, 0.3) is 5.89 Å². The Labute approximate surface area is 116 Å². The van der Waals surface area contributed by atoms with Crippen LogP contribution in [0.3, 0.4) is 0 Å². The summed E-state index contributed by atoms with van der Waals surface area (Å²) in [5.41, 5.74) is 5.25. The molecule has 0 bridgehead atoms. The van der Waals surface area contributed by atoms with Crippen molar-refractivity contribution in [2.24, 2.45) is 0 Å². The Morgan fingerprint density at radius 3 is 2.57 bits per heavy atom. The van der Waals surface area contributed by atoms with Crippen molar-refractivity contribution >= 4 is 5.69 Å². The van der Waals surface area contributed by atoms with E-state index < -0.39 is 17.5 Å². The van der Waals surface area contributed by atoms with Gasteiger partial charge in [-0.3, -0.25) is 0 Å². The first-order chi connectivity index (χ1) is 10.0. The van der Waals surface area contributed by atoms with Gasteiger partial charge in [0.05, 0.1) is 17.4 Å². The van der Waals surface area contributed by atoms with E-state index in [0.717, 1.165) is 12.3 Å². The minimum Gasteiger partial charge on any atom is -0.396 e. The van der Waals surface area contributed by atoms with E-state index in [4.69, 9.17) is 10.3 Å². The molecule has 0 unspecified atom stereocenters. The third-order valence-electron chi connectivity index (χ3n) is 2.70. The molecule has 0 saturated heterocycles. The molecule has 0 fully saturated rings. The van der Waals surface area contributed by atoms with Crippen molar-refractivity contribution in [1.29, 1.82) is 0 Å². The van der Waals surface area contributed by atoms with Gasteiger partial charge in [-0.15, -0.1) is 0 Å². The summed E-state index contributed by atoms with van der Waals surface area (Å²) < 4.78 is 44.5. The molecule has 0 atom stereocenters. The SMILES string of the molecule is Nc1cc(-c2nc(-c3ccc(F)cn3)no2)c(F)cc1F. The fourth-order valence-electron chi connectivity index (χ4n) is 1.67. The van der Waals surface area contributed by atoms with E-state index in [1.807, 2.05) is 0 Å². The summed E-state index contributed by atoms with van der Waals surface area (Å²) in [7, 11) is 0. The molecule has 1 aromatic carbocycles. The monoisotopic (exact) mass is 292 g/mol. The van der Waals surface area contributed by atoms with Gasteiger partial charge in [-0.05, 0) is 18.2 Å². The summed E-state index contributed by atoms with van der Waals surface area (Å²) in [6.45, 7) is 0. The number of anilines is 1. The van der Waals surface area contributed by atoms with Crippen LogP contribution in [-0.2, 0) is 0 Å². The Balaban J connectivity index is 2.02. The van der Waals surface area contributed by atoms with Crippen molar-refractivity contribution in [3.8, 4) is 23.0 Å². The molecule has 0 aliphatic rings. The molecule has 2 aromatic heterocycles. The quantitative estimate of drug-likeness (QED) is 0.735. The predicted octanol–water partition coefficient (Wildman–Crippen LogP) is 2.80. The summed E-state index contributed by atoms with van der Waals surface area (Å²) >= 11 is 0. The van der Waals surface area contributed by atoms with Crippen molar-refractivity contribution in [2.75, 3.05) is 5.73 Å². The lowest BCUT2D eigenvalue weighted by Gasteiger charge is -2.00. The van der Waals surface area contributed by atoms with Gasteiger partial charge in [0.2, 0.25) is 5.82 Å². The molecule has 0 aliphatic heterocycles. The minimum atomic E-state index is -0.885. The maximum atomic E-state index is 13.7. The molecule has 2 N–H and O–H groups in total. The van der Waals surface area contributed by atoms with E-state index in [0.29, 0.717) is 6.07 Å². The van der Waals surface area contributed by atoms with Crippen LogP contribution in [0, 0.1) is 17.5 Å². The highest BCUT2D eigenvalue weighted by molar-refractivity contribution is 5.62. The van der Waals surface area contributed by atoms with Crippen LogP contribution in [-0.4, -0.2) is 15.1 Å². The molecule has 0 aliphatic carbocycles. The van der Waals surface area contributed by atoms with Crippen LogP contribution in [0.4, 0.5) is 18.9 Å². The number of benzene rings is 1. The molecular formula is C13H7F3N4O. The van der Waals surface area contributed by atoms with Crippen LogP contribution >= 0.6 is 0 Å². The molecule has 106 valence electrons. The standard InChI is InChI=1S/C13H7F3N4O/c14-6-1-2-11(18-5-6)12-19-13(21-20-12)7-3-10(17)9(16)4-8(7)15/h1-5H,17H2. The summed E-state index contributed by atoms with van der Waals surface area (Å²) in [4.78, 5) is 7.70. The van der Waals surface area contributed by atoms with Gasteiger partial charge in [-0.1, -0.05) is 5.16 Å². The second-order valence-corrected chi connectivity index (χ2v) is 4.14. The van der Waals surface area contributed by atoms with Gasteiger partial charge in [0, 0.05) is 6.07 Å². The fourth-order valence-corrected chi connectivity index (χ4v) is 1.67. The van der Waals surface area contributed by atoms with Gasteiger partial charge in [0.1, 0.15) is 23.1 Å².